The highest BCUT2D eigenvalue weighted by atomic mass is 32.2. The van der Waals surface area contributed by atoms with Gasteiger partial charge >= 0.3 is 0 Å². The Morgan fingerprint density at radius 3 is 2.56 bits per heavy atom. The molecule has 0 bridgehead atoms. The topological polar surface area (TPSA) is 32.3 Å². The van der Waals surface area contributed by atoms with Crippen molar-refractivity contribution < 1.29 is 4.79 Å². The first-order chi connectivity index (χ1) is 7.68. The van der Waals surface area contributed by atoms with Crippen molar-refractivity contribution in [3.63, 3.8) is 0 Å². The van der Waals surface area contributed by atoms with Gasteiger partial charge in [-0.15, -0.1) is 0 Å². The van der Waals surface area contributed by atoms with E-state index in [0.29, 0.717) is 18.0 Å². The van der Waals surface area contributed by atoms with Crippen molar-refractivity contribution in [3.05, 3.63) is 0 Å². The van der Waals surface area contributed by atoms with Crippen molar-refractivity contribution in [2.45, 2.75) is 51.2 Å². The summed E-state index contributed by atoms with van der Waals surface area (Å²) in [5.74, 6) is 2.80. The van der Waals surface area contributed by atoms with E-state index in [1.165, 1.54) is 24.3 Å². The maximum absolute atomic E-state index is 12.1. The zero-order valence-electron chi connectivity index (χ0n) is 10.2. The van der Waals surface area contributed by atoms with Crippen LogP contribution in [0.4, 0.5) is 0 Å². The first kappa shape index (κ1) is 12.2. The molecule has 0 saturated carbocycles. The zero-order valence-corrected chi connectivity index (χ0v) is 11.1. The summed E-state index contributed by atoms with van der Waals surface area (Å²) in [5, 5.41) is 3.55. The number of carbonyl (C=O) groups is 1. The van der Waals surface area contributed by atoms with Gasteiger partial charge in [0.25, 0.3) is 0 Å². The van der Waals surface area contributed by atoms with E-state index >= 15 is 0 Å². The molecule has 2 aliphatic rings. The van der Waals surface area contributed by atoms with Crippen LogP contribution in [0.1, 0.15) is 33.1 Å². The summed E-state index contributed by atoms with van der Waals surface area (Å²) in [6.07, 6.45) is 3.42. The summed E-state index contributed by atoms with van der Waals surface area (Å²) in [7, 11) is 0. The van der Waals surface area contributed by atoms with E-state index < -0.39 is 0 Å². The molecule has 0 aliphatic carbocycles. The van der Waals surface area contributed by atoms with Gasteiger partial charge in [-0.1, -0.05) is 0 Å². The Bertz CT molecular complexity index is 251. The fourth-order valence-corrected chi connectivity index (χ4v) is 3.62. The van der Waals surface area contributed by atoms with Crippen molar-refractivity contribution in [1.82, 2.24) is 10.2 Å². The minimum absolute atomic E-state index is 0.0931. The molecule has 0 aromatic rings. The number of hydrogen-bond acceptors (Lipinski definition) is 3. The number of nitrogens with one attached hydrogen (secondary N) is 1. The van der Waals surface area contributed by atoms with E-state index in [1.54, 1.807) is 0 Å². The van der Waals surface area contributed by atoms with Crippen molar-refractivity contribution in [2.24, 2.45) is 0 Å². The Balaban J connectivity index is 1.84. The molecule has 0 spiro atoms. The van der Waals surface area contributed by atoms with Crippen molar-refractivity contribution in [2.75, 3.05) is 18.1 Å². The highest BCUT2D eigenvalue weighted by Crippen LogP contribution is 2.20. The fourth-order valence-electron chi connectivity index (χ4n) is 2.52. The number of rotatable bonds is 3. The second-order valence-corrected chi connectivity index (χ2v) is 6.24. The fraction of sp³-hybridized carbons (Fsp3) is 0.917. The average molecular weight is 242 g/mol. The number of amides is 1. The van der Waals surface area contributed by atoms with Gasteiger partial charge in [0, 0.05) is 18.6 Å². The molecule has 16 heavy (non-hydrogen) atoms. The van der Waals surface area contributed by atoms with Crippen LogP contribution in [0.3, 0.4) is 0 Å². The van der Waals surface area contributed by atoms with Gasteiger partial charge in [0.2, 0.25) is 5.91 Å². The highest BCUT2D eigenvalue weighted by molar-refractivity contribution is 7.99. The van der Waals surface area contributed by atoms with E-state index in [0.717, 1.165) is 13.0 Å². The number of hydrogen-bond donors (Lipinski definition) is 1. The molecule has 2 saturated heterocycles. The summed E-state index contributed by atoms with van der Waals surface area (Å²) < 4.78 is 0. The summed E-state index contributed by atoms with van der Waals surface area (Å²) in [4.78, 5) is 14.1. The highest BCUT2D eigenvalue weighted by Gasteiger charge is 2.34. The van der Waals surface area contributed by atoms with E-state index in [9.17, 15) is 4.79 Å². The molecule has 1 atom stereocenters. The average Bonchev–Trinajstić information content (AvgIpc) is 2.62. The van der Waals surface area contributed by atoms with E-state index in [1.807, 2.05) is 16.7 Å². The summed E-state index contributed by atoms with van der Waals surface area (Å²) in [6, 6.07) is 1.01. The van der Waals surface area contributed by atoms with Crippen LogP contribution in [0.5, 0.6) is 0 Å². The molecule has 0 radical (unpaired) electrons. The lowest BCUT2D eigenvalue weighted by Crippen LogP contribution is -2.46. The van der Waals surface area contributed by atoms with E-state index in [4.69, 9.17) is 0 Å². The van der Waals surface area contributed by atoms with E-state index in [2.05, 4.69) is 19.2 Å². The molecule has 1 amide bonds. The molecule has 2 rings (SSSR count). The van der Waals surface area contributed by atoms with Gasteiger partial charge in [0.15, 0.2) is 0 Å². The third-order valence-corrected chi connectivity index (χ3v) is 4.57. The van der Waals surface area contributed by atoms with Crippen LogP contribution in [0.25, 0.3) is 0 Å². The number of nitrogens with zero attached hydrogens (tertiary/aromatic N) is 1. The Morgan fingerprint density at radius 2 is 2.00 bits per heavy atom. The van der Waals surface area contributed by atoms with Crippen LogP contribution in [-0.4, -0.2) is 47.0 Å². The maximum atomic E-state index is 12.1. The minimum atomic E-state index is 0.0931. The normalized spacial score (nSPS) is 28.1. The van der Waals surface area contributed by atoms with Gasteiger partial charge in [0.05, 0.1) is 6.04 Å². The predicted molar refractivity (Wildman–Crippen MR) is 68.7 cm³/mol. The minimum Gasteiger partial charge on any atom is -0.339 e. The Labute approximate surface area is 102 Å². The van der Waals surface area contributed by atoms with Crippen LogP contribution < -0.4 is 5.32 Å². The SMILES string of the molecule is CC(C)N1CCC(NC2CCSCC2)C1=O. The second-order valence-electron chi connectivity index (χ2n) is 5.02. The standard InChI is InChI=1S/C12H22N2OS/c1-9(2)14-6-3-11(12(14)15)13-10-4-7-16-8-5-10/h9-11,13H,3-8H2,1-2H3. The second kappa shape index (κ2) is 5.41. The number of carbonyl (C=O) groups excluding carboxylic acids is 1. The Kier molecular flexibility index (Phi) is 4.14. The molecule has 2 aliphatic heterocycles. The maximum Gasteiger partial charge on any atom is 0.240 e. The molecule has 92 valence electrons. The quantitative estimate of drug-likeness (QED) is 0.813. The van der Waals surface area contributed by atoms with Gasteiger partial charge in [-0.05, 0) is 44.6 Å². The Morgan fingerprint density at radius 1 is 1.31 bits per heavy atom. The van der Waals surface area contributed by atoms with Crippen LogP contribution >= 0.6 is 11.8 Å². The van der Waals surface area contributed by atoms with Gasteiger partial charge in [-0.25, -0.2) is 0 Å². The van der Waals surface area contributed by atoms with Crippen LogP contribution in [0, 0.1) is 0 Å². The molecule has 2 fully saturated rings. The molecule has 0 aromatic carbocycles. The number of thioether (sulfide) groups is 1. The van der Waals surface area contributed by atoms with Crippen molar-refractivity contribution in [3.8, 4) is 0 Å². The lowest BCUT2D eigenvalue weighted by atomic mass is 10.1. The molecular weight excluding hydrogens is 220 g/mol. The zero-order chi connectivity index (χ0) is 11.5. The monoisotopic (exact) mass is 242 g/mol. The van der Waals surface area contributed by atoms with Gasteiger partial charge in [-0.3, -0.25) is 4.79 Å². The first-order valence-electron chi connectivity index (χ1n) is 6.32. The molecular formula is C12H22N2OS. The van der Waals surface area contributed by atoms with Gasteiger partial charge in [0.1, 0.15) is 0 Å². The smallest absolute Gasteiger partial charge is 0.240 e. The van der Waals surface area contributed by atoms with E-state index in [-0.39, 0.29) is 6.04 Å². The lowest BCUT2D eigenvalue weighted by Gasteiger charge is -2.26. The largest absolute Gasteiger partial charge is 0.339 e. The molecule has 4 heteroatoms. The molecule has 0 aromatic heterocycles. The summed E-state index contributed by atoms with van der Waals surface area (Å²) in [6.45, 7) is 5.12. The van der Waals surface area contributed by atoms with Gasteiger partial charge < -0.3 is 10.2 Å². The predicted octanol–water partition coefficient (Wildman–Crippen LogP) is 1.48. The van der Waals surface area contributed by atoms with Crippen LogP contribution in [0.2, 0.25) is 0 Å². The van der Waals surface area contributed by atoms with Crippen molar-refractivity contribution >= 4 is 17.7 Å². The van der Waals surface area contributed by atoms with Crippen LogP contribution in [0.15, 0.2) is 0 Å². The molecule has 3 nitrogen and oxygen atoms in total. The molecule has 1 N–H and O–H groups in total. The first-order valence-corrected chi connectivity index (χ1v) is 7.48. The summed E-state index contributed by atoms with van der Waals surface area (Å²) >= 11 is 2.03. The lowest BCUT2D eigenvalue weighted by molar-refractivity contribution is -0.131. The van der Waals surface area contributed by atoms with Crippen molar-refractivity contribution in [1.29, 1.82) is 0 Å². The summed E-state index contributed by atoms with van der Waals surface area (Å²) in [5.41, 5.74) is 0. The Hall–Kier alpha value is -0.220. The van der Waals surface area contributed by atoms with Crippen LogP contribution in [-0.2, 0) is 4.79 Å². The molecule has 1 unspecified atom stereocenters. The third-order valence-electron chi connectivity index (χ3n) is 3.52. The molecule has 2 heterocycles. The third kappa shape index (κ3) is 2.72. The van der Waals surface area contributed by atoms with Gasteiger partial charge in [-0.2, -0.15) is 11.8 Å². The number of likely N-dealkylation sites (tertiary alicyclic amines) is 1.